The molecule has 2 N–H and O–H groups in total. The topological polar surface area (TPSA) is 97.1 Å². The van der Waals surface area contributed by atoms with Crippen LogP contribution in [0.25, 0.3) is 5.69 Å². The highest BCUT2D eigenvalue weighted by Crippen LogP contribution is 2.11. The van der Waals surface area contributed by atoms with Crippen LogP contribution >= 0.6 is 0 Å². The summed E-state index contributed by atoms with van der Waals surface area (Å²) < 4.78 is 12.9. The van der Waals surface area contributed by atoms with E-state index >= 15 is 0 Å². The second-order valence-corrected chi connectivity index (χ2v) is 4.94. The highest BCUT2D eigenvalue weighted by atomic mass is 19.1. The van der Waals surface area contributed by atoms with E-state index in [1.54, 1.807) is 6.92 Å². The van der Waals surface area contributed by atoms with Crippen LogP contribution in [0.15, 0.2) is 30.5 Å². The molecule has 2 rings (SSSR count). The predicted octanol–water partition coefficient (Wildman–Crippen LogP) is 1.39. The first kappa shape index (κ1) is 15.6. The zero-order valence-corrected chi connectivity index (χ0v) is 12.1. The number of halogens is 1. The summed E-state index contributed by atoms with van der Waals surface area (Å²) >= 11 is 0. The minimum absolute atomic E-state index is 0.0229. The van der Waals surface area contributed by atoms with Gasteiger partial charge in [-0.1, -0.05) is 6.92 Å². The maximum Gasteiger partial charge on any atom is 0.329 e. The molecule has 0 aliphatic rings. The number of carbonyl (C=O) groups excluding carboxylic acids is 1. The third-order valence-electron chi connectivity index (χ3n) is 3.35. The molecule has 0 saturated heterocycles. The molecule has 7 nitrogen and oxygen atoms in total. The maximum absolute atomic E-state index is 12.9. The number of hydrogen-bond donors (Lipinski definition) is 2. The number of carboxylic acid groups (broad SMARTS) is 1. The van der Waals surface area contributed by atoms with Crippen LogP contribution < -0.4 is 5.32 Å². The summed E-state index contributed by atoms with van der Waals surface area (Å²) in [4.78, 5) is 24.4. The third kappa shape index (κ3) is 3.11. The van der Waals surface area contributed by atoms with Gasteiger partial charge in [0.1, 0.15) is 11.4 Å². The Bertz CT molecular complexity index is 698. The van der Waals surface area contributed by atoms with E-state index in [2.05, 4.69) is 15.5 Å². The summed E-state index contributed by atoms with van der Waals surface area (Å²) in [7, 11) is 0. The van der Waals surface area contributed by atoms with Gasteiger partial charge in [-0.25, -0.2) is 9.18 Å². The lowest BCUT2D eigenvalue weighted by atomic mass is 9.99. The van der Waals surface area contributed by atoms with E-state index in [4.69, 9.17) is 5.11 Å². The average molecular weight is 306 g/mol. The third-order valence-corrected chi connectivity index (χ3v) is 3.35. The molecule has 1 aromatic carbocycles. The molecule has 116 valence electrons. The number of hydrogen-bond acceptors (Lipinski definition) is 4. The minimum Gasteiger partial charge on any atom is -0.480 e. The van der Waals surface area contributed by atoms with Gasteiger partial charge in [0.2, 0.25) is 0 Å². The summed E-state index contributed by atoms with van der Waals surface area (Å²) in [5, 5.41) is 19.4. The van der Waals surface area contributed by atoms with Gasteiger partial charge in [-0.05, 0) is 37.6 Å². The van der Waals surface area contributed by atoms with E-state index in [1.807, 2.05) is 0 Å². The molecule has 22 heavy (non-hydrogen) atoms. The van der Waals surface area contributed by atoms with Gasteiger partial charge in [-0.3, -0.25) is 4.79 Å². The molecule has 1 aromatic heterocycles. The number of carboxylic acids is 1. The summed E-state index contributed by atoms with van der Waals surface area (Å²) in [6.07, 6.45) is 1.44. The van der Waals surface area contributed by atoms with E-state index < -0.39 is 23.2 Å². The van der Waals surface area contributed by atoms with Crippen LogP contribution in [0.5, 0.6) is 0 Å². The monoisotopic (exact) mass is 306 g/mol. The van der Waals surface area contributed by atoms with Crippen LogP contribution in [0, 0.1) is 5.82 Å². The van der Waals surface area contributed by atoms with Crippen LogP contribution in [-0.4, -0.2) is 37.5 Å². The quantitative estimate of drug-likeness (QED) is 0.870. The Morgan fingerprint density at radius 3 is 2.55 bits per heavy atom. The van der Waals surface area contributed by atoms with Crippen molar-refractivity contribution in [1.82, 2.24) is 20.3 Å². The smallest absolute Gasteiger partial charge is 0.329 e. The first-order valence-electron chi connectivity index (χ1n) is 6.60. The molecule has 0 bridgehead atoms. The van der Waals surface area contributed by atoms with Gasteiger partial charge in [0.05, 0.1) is 11.9 Å². The zero-order valence-electron chi connectivity index (χ0n) is 12.1. The van der Waals surface area contributed by atoms with E-state index in [-0.39, 0.29) is 12.1 Å². The molecule has 0 radical (unpaired) electrons. The van der Waals surface area contributed by atoms with Crippen molar-refractivity contribution in [2.45, 2.75) is 25.8 Å². The van der Waals surface area contributed by atoms with Gasteiger partial charge in [0.25, 0.3) is 5.91 Å². The van der Waals surface area contributed by atoms with Crippen molar-refractivity contribution < 1.29 is 19.1 Å². The van der Waals surface area contributed by atoms with Crippen LogP contribution in [-0.2, 0) is 4.79 Å². The summed E-state index contributed by atoms with van der Waals surface area (Å²) in [5.74, 6) is -2.16. The van der Waals surface area contributed by atoms with Crippen molar-refractivity contribution in [1.29, 1.82) is 0 Å². The molecule has 1 atom stereocenters. The summed E-state index contributed by atoms with van der Waals surface area (Å²) in [5.41, 5.74) is -0.918. The molecular formula is C14H15FN4O3. The number of aromatic nitrogens is 3. The van der Waals surface area contributed by atoms with Crippen LogP contribution in [0.1, 0.15) is 30.8 Å². The zero-order chi connectivity index (χ0) is 16.3. The van der Waals surface area contributed by atoms with Gasteiger partial charge < -0.3 is 10.4 Å². The van der Waals surface area contributed by atoms with Crippen LogP contribution in [0.3, 0.4) is 0 Å². The van der Waals surface area contributed by atoms with Crippen LogP contribution in [0.2, 0.25) is 0 Å². The van der Waals surface area contributed by atoms with Crippen molar-refractivity contribution in [2.75, 3.05) is 0 Å². The molecule has 1 unspecified atom stereocenters. The number of nitrogens with one attached hydrogen (secondary N) is 1. The minimum atomic E-state index is -1.38. The standard InChI is InChI=1S/C14H15FN4O3/c1-3-14(2,13(21)22)17-12(20)11-8-16-19(18-11)10-6-4-9(15)5-7-10/h4-8H,3H2,1-2H3,(H,17,20)(H,21,22). The van der Waals surface area contributed by atoms with Gasteiger partial charge in [-0.2, -0.15) is 9.90 Å². The van der Waals surface area contributed by atoms with Gasteiger partial charge >= 0.3 is 5.97 Å². The Hall–Kier alpha value is -2.77. The molecule has 8 heteroatoms. The molecule has 1 amide bonds. The van der Waals surface area contributed by atoms with Crippen molar-refractivity contribution in [3.63, 3.8) is 0 Å². The maximum atomic E-state index is 12.9. The number of amides is 1. The highest BCUT2D eigenvalue weighted by Gasteiger charge is 2.33. The number of aliphatic carboxylic acids is 1. The number of carbonyl (C=O) groups is 2. The lowest BCUT2D eigenvalue weighted by molar-refractivity contribution is -0.143. The average Bonchev–Trinajstić information content (AvgIpc) is 2.97. The summed E-state index contributed by atoms with van der Waals surface area (Å²) in [6, 6.07) is 5.42. The van der Waals surface area contributed by atoms with Gasteiger partial charge in [0, 0.05) is 0 Å². The lowest BCUT2D eigenvalue weighted by Crippen LogP contribution is -2.51. The Balaban J connectivity index is 2.19. The normalized spacial score (nSPS) is 13.4. The molecule has 0 saturated carbocycles. The molecule has 1 heterocycles. The van der Waals surface area contributed by atoms with Crippen molar-refractivity contribution in [3.05, 3.63) is 42.0 Å². The molecule has 2 aromatic rings. The molecule has 0 aliphatic carbocycles. The molecule has 0 aliphatic heterocycles. The van der Waals surface area contributed by atoms with Crippen molar-refractivity contribution in [2.24, 2.45) is 0 Å². The highest BCUT2D eigenvalue weighted by molar-refractivity contribution is 5.95. The van der Waals surface area contributed by atoms with E-state index in [0.717, 1.165) is 0 Å². The van der Waals surface area contributed by atoms with E-state index in [9.17, 15) is 14.0 Å². The van der Waals surface area contributed by atoms with Gasteiger partial charge in [0.15, 0.2) is 5.69 Å². The second kappa shape index (κ2) is 5.92. The lowest BCUT2D eigenvalue weighted by Gasteiger charge is -2.23. The molecular weight excluding hydrogens is 291 g/mol. The Labute approximate surface area is 125 Å². The summed E-state index contributed by atoms with van der Waals surface area (Å²) in [6.45, 7) is 3.07. The fourth-order valence-corrected chi connectivity index (χ4v) is 1.67. The fourth-order valence-electron chi connectivity index (χ4n) is 1.67. The largest absolute Gasteiger partial charge is 0.480 e. The Morgan fingerprint density at radius 2 is 2.00 bits per heavy atom. The van der Waals surface area contributed by atoms with Crippen molar-refractivity contribution in [3.8, 4) is 5.69 Å². The van der Waals surface area contributed by atoms with E-state index in [1.165, 1.54) is 42.2 Å². The first-order chi connectivity index (χ1) is 10.4. The SMILES string of the molecule is CCC(C)(NC(=O)c1cnn(-c2ccc(F)cc2)n1)C(=O)O. The second-order valence-electron chi connectivity index (χ2n) is 4.94. The Morgan fingerprint density at radius 1 is 1.36 bits per heavy atom. The number of benzene rings is 1. The van der Waals surface area contributed by atoms with E-state index in [0.29, 0.717) is 5.69 Å². The molecule has 0 fully saturated rings. The van der Waals surface area contributed by atoms with Crippen molar-refractivity contribution >= 4 is 11.9 Å². The number of rotatable bonds is 5. The fraction of sp³-hybridized carbons (Fsp3) is 0.286. The predicted molar refractivity (Wildman–Crippen MR) is 75.1 cm³/mol. The Kier molecular flexibility index (Phi) is 4.20. The first-order valence-corrected chi connectivity index (χ1v) is 6.60. The molecule has 0 spiro atoms. The van der Waals surface area contributed by atoms with Gasteiger partial charge in [-0.15, -0.1) is 5.10 Å². The van der Waals surface area contributed by atoms with Crippen LogP contribution in [0.4, 0.5) is 4.39 Å². The number of nitrogens with zero attached hydrogens (tertiary/aromatic N) is 3.